The molecule has 5 heterocycles. The van der Waals surface area contributed by atoms with Crippen LogP contribution in [0.2, 0.25) is 0 Å². The Morgan fingerprint density at radius 1 is 1.17 bits per heavy atom. The summed E-state index contributed by atoms with van der Waals surface area (Å²) in [4.78, 5) is 36.2. The van der Waals surface area contributed by atoms with E-state index in [0.29, 0.717) is 18.1 Å². The second-order valence-corrected chi connectivity index (χ2v) is 8.82. The molecule has 0 unspecified atom stereocenters. The lowest BCUT2D eigenvalue weighted by atomic mass is 9.97. The lowest BCUT2D eigenvalue weighted by molar-refractivity contribution is 0.335. The van der Waals surface area contributed by atoms with Gasteiger partial charge in [-0.1, -0.05) is 0 Å². The van der Waals surface area contributed by atoms with Gasteiger partial charge < -0.3 is 9.88 Å². The number of nitrogens with one attached hydrogen (secondary N) is 1. The van der Waals surface area contributed by atoms with Gasteiger partial charge in [0, 0.05) is 25.7 Å². The number of aryl methyl sites for hydroxylation is 2. The van der Waals surface area contributed by atoms with E-state index in [-0.39, 0.29) is 5.56 Å². The maximum absolute atomic E-state index is 12.4. The van der Waals surface area contributed by atoms with Crippen LogP contribution in [0.3, 0.4) is 0 Å². The van der Waals surface area contributed by atoms with Crippen LogP contribution in [-0.2, 0) is 6.54 Å². The molecular formula is C20H22N8OS. The fourth-order valence-corrected chi connectivity index (χ4v) is 4.92. The van der Waals surface area contributed by atoms with E-state index in [1.54, 1.807) is 40.8 Å². The number of H-pyrrole nitrogens is 1. The Bertz CT molecular complexity index is 1250. The first-order chi connectivity index (χ1) is 14.6. The summed E-state index contributed by atoms with van der Waals surface area (Å²) in [6, 6.07) is 3.41. The molecule has 1 saturated heterocycles. The van der Waals surface area contributed by atoms with Gasteiger partial charge in [-0.15, -0.1) is 11.3 Å². The zero-order chi connectivity index (χ0) is 20.7. The van der Waals surface area contributed by atoms with Gasteiger partial charge in [-0.25, -0.2) is 24.6 Å². The van der Waals surface area contributed by atoms with E-state index in [9.17, 15) is 4.79 Å². The monoisotopic (exact) mass is 422 g/mol. The molecule has 9 nitrogen and oxygen atoms in total. The van der Waals surface area contributed by atoms with Gasteiger partial charge in [-0.3, -0.25) is 4.79 Å². The quantitative estimate of drug-likeness (QED) is 0.539. The first-order valence-corrected chi connectivity index (χ1v) is 10.8. The molecule has 154 valence electrons. The van der Waals surface area contributed by atoms with Gasteiger partial charge >= 0.3 is 0 Å². The molecule has 5 rings (SSSR count). The Hall–Kier alpha value is -3.14. The highest BCUT2D eigenvalue weighted by molar-refractivity contribution is 7.15. The minimum absolute atomic E-state index is 0.0601. The van der Waals surface area contributed by atoms with Crippen molar-refractivity contribution >= 4 is 28.3 Å². The molecule has 0 spiro atoms. The molecule has 0 bridgehead atoms. The minimum Gasteiger partial charge on any atom is -0.355 e. The summed E-state index contributed by atoms with van der Waals surface area (Å²) in [6.07, 6.45) is 5.14. The van der Waals surface area contributed by atoms with Crippen molar-refractivity contribution in [1.29, 1.82) is 0 Å². The van der Waals surface area contributed by atoms with Crippen LogP contribution in [0.5, 0.6) is 0 Å². The molecule has 0 amide bonds. The first-order valence-electron chi connectivity index (χ1n) is 10.00. The van der Waals surface area contributed by atoms with Crippen molar-refractivity contribution in [2.45, 2.75) is 33.2 Å². The van der Waals surface area contributed by atoms with Crippen LogP contribution in [-0.4, -0.2) is 47.8 Å². The van der Waals surface area contributed by atoms with Gasteiger partial charge in [0.25, 0.3) is 5.56 Å². The molecule has 4 aromatic rings. The summed E-state index contributed by atoms with van der Waals surface area (Å²) in [6.45, 7) is 6.34. The number of hydrogen-bond donors (Lipinski definition) is 1. The molecule has 4 aromatic heterocycles. The molecule has 0 radical (unpaired) electrons. The van der Waals surface area contributed by atoms with Crippen molar-refractivity contribution in [3.8, 4) is 10.6 Å². The number of hydrogen-bond acceptors (Lipinski definition) is 8. The number of nitrogens with zero attached hydrogens (tertiary/aromatic N) is 7. The van der Waals surface area contributed by atoms with Gasteiger partial charge in [-0.2, -0.15) is 5.10 Å². The molecule has 10 heteroatoms. The fraction of sp³-hybridized carbons (Fsp3) is 0.400. The van der Waals surface area contributed by atoms with E-state index in [1.807, 2.05) is 13.8 Å². The van der Waals surface area contributed by atoms with Crippen LogP contribution >= 0.6 is 11.3 Å². The third kappa shape index (κ3) is 3.47. The smallest absolute Gasteiger partial charge is 0.266 e. The van der Waals surface area contributed by atoms with Crippen molar-refractivity contribution in [1.82, 2.24) is 34.7 Å². The predicted molar refractivity (Wildman–Crippen MR) is 116 cm³/mol. The van der Waals surface area contributed by atoms with Crippen LogP contribution in [0, 0.1) is 19.8 Å². The molecule has 1 aliphatic rings. The second-order valence-electron chi connectivity index (χ2n) is 7.62. The molecule has 1 fully saturated rings. The topological polar surface area (TPSA) is 105 Å². The molecule has 0 aromatic carbocycles. The van der Waals surface area contributed by atoms with E-state index >= 15 is 0 Å². The van der Waals surface area contributed by atoms with E-state index in [4.69, 9.17) is 0 Å². The summed E-state index contributed by atoms with van der Waals surface area (Å²) in [7, 11) is 0. The predicted octanol–water partition coefficient (Wildman–Crippen LogP) is 2.57. The Kier molecular flexibility index (Phi) is 4.78. The molecule has 0 atom stereocenters. The number of piperidine rings is 1. The highest BCUT2D eigenvalue weighted by Gasteiger charge is 2.23. The number of aromatic nitrogens is 7. The second kappa shape index (κ2) is 7.60. The lowest BCUT2D eigenvalue weighted by Gasteiger charge is -2.32. The number of anilines is 1. The normalized spacial score (nSPS) is 15.2. The molecule has 1 aliphatic heterocycles. The largest absolute Gasteiger partial charge is 0.355 e. The van der Waals surface area contributed by atoms with Crippen molar-refractivity contribution in [2.24, 2.45) is 5.92 Å². The van der Waals surface area contributed by atoms with Crippen LogP contribution < -0.4 is 10.5 Å². The maximum atomic E-state index is 12.4. The van der Waals surface area contributed by atoms with Crippen LogP contribution in [0.4, 0.5) is 5.82 Å². The van der Waals surface area contributed by atoms with Crippen molar-refractivity contribution < 1.29 is 0 Å². The summed E-state index contributed by atoms with van der Waals surface area (Å²) >= 11 is 1.61. The molecule has 1 N–H and O–H groups in total. The number of fused-ring (bicyclic) bond motifs is 1. The van der Waals surface area contributed by atoms with Gasteiger partial charge in [0.1, 0.15) is 17.5 Å². The van der Waals surface area contributed by atoms with Gasteiger partial charge in [0.05, 0.1) is 21.9 Å². The van der Waals surface area contributed by atoms with Gasteiger partial charge in [0.15, 0.2) is 11.5 Å². The Morgan fingerprint density at radius 3 is 2.77 bits per heavy atom. The zero-order valence-corrected chi connectivity index (χ0v) is 17.7. The number of thiazole rings is 1. The van der Waals surface area contributed by atoms with Crippen molar-refractivity contribution in [2.75, 3.05) is 18.0 Å². The molecule has 30 heavy (non-hydrogen) atoms. The van der Waals surface area contributed by atoms with Crippen molar-refractivity contribution in [3.63, 3.8) is 0 Å². The Morgan fingerprint density at radius 2 is 2.00 bits per heavy atom. The summed E-state index contributed by atoms with van der Waals surface area (Å²) < 4.78 is 1.61. The third-order valence-corrected chi connectivity index (χ3v) is 6.65. The molecule has 0 aliphatic carbocycles. The number of rotatable bonds is 4. The van der Waals surface area contributed by atoms with Crippen LogP contribution in [0.15, 0.2) is 29.6 Å². The average molecular weight is 423 g/mol. The standard InChI is InChI=1S/C20H22N8OS/c1-12-18(30-13(2)25-12)15-3-4-16(29)28(26-15)9-14-5-7-27(8-6-14)20-17-19(22-10-21-17)23-11-24-20/h3-4,10-11,14H,5-9H2,1-2H3,(H,21,22,23,24). The Balaban J connectivity index is 1.31. The third-order valence-electron chi connectivity index (χ3n) is 5.55. The maximum Gasteiger partial charge on any atom is 0.266 e. The average Bonchev–Trinajstić information content (AvgIpc) is 3.36. The SMILES string of the molecule is Cc1nc(C)c(-c2ccc(=O)n(CC3CCN(c4ncnc5nc[nH]c45)CC3)n2)s1. The summed E-state index contributed by atoms with van der Waals surface area (Å²) in [5.74, 6) is 1.29. The van der Waals surface area contributed by atoms with E-state index in [0.717, 1.165) is 58.5 Å². The fourth-order valence-electron chi connectivity index (χ4n) is 4.03. The van der Waals surface area contributed by atoms with Crippen LogP contribution in [0.25, 0.3) is 21.7 Å². The zero-order valence-electron chi connectivity index (χ0n) is 16.9. The Labute approximate surface area is 176 Å². The molecular weight excluding hydrogens is 400 g/mol. The highest BCUT2D eigenvalue weighted by Crippen LogP contribution is 2.28. The van der Waals surface area contributed by atoms with Crippen molar-refractivity contribution in [3.05, 3.63) is 45.8 Å². The number of aromatic amines is 1. The van der Waals surface area contributed by atoms with E-state index < -0.39 is 0 Å². The van der Waals surface area contributed by atoms with Gasteiger partial charge in [0.2, 0.25) is 0 Å². The van der Waals surface area contributed by atoms with Crippen LogP contribution in [0.1, 0.15) is 23.5 Å². The van der Waals surface area contributed by atoms with Gasteiger partial charge in [-0.05, 0) is 38.7 Å². The summed E-state index contributed by atoms with van der Waals surface area (Å²) in [5, 5.41) is 5.65. The number of imidazole rings is 1. The minimum atomic E-state index is -0.0601. The lowest BCUT2D eigenvalue weighted by Crippen LogP contribution is -2.37. The van der Waals surface area contributed by atoms with E-state index in [2.05, 4.69) is 34.9 Å². The summed E-state index contributed by atoms with van der Waals surface area (Å²) in [5.41, 5.74) is 3.27. The molecule has 0 saturated carbocycles. The van der Waals surface area contributed by atoms with E-state index in [1.165, 1.54) is 0 Å². The highest BCUT2D eigenvalue weighted by atomic mass is 32.1. The first kappa shape index (κ1) is 18.9.